The molecule has 2 amide bonds. The molecule has 0 radical (unpaired) electrons. The Hall–Kier alpha value is -3.05. The Balaban J connectivity index is 1.75. The van der Waals surface area contributed by atoms with Gasteiger partial charge < -0.3 is 0 Å². The summed E-state index contributed by atoms with van der Waals surface area (Å²) in [7, 11) is 0. The zero-order valence-electron chi connectivity index (χ0n) is 18.4. The topological polar surface area (TPSA) is 49.4 Å². The minimum atomic E-state index is -0.288. The number of amides is 2. The average molecular weight is 433 g/mol. The number of carbonyl (C=O) groups is 2. The Labute approximate surface area is 188 Å². The highest BCUT2D eigenvalue weighted by Gasteiger charge is 2.21. The van der Waals surface area contributed by atoms with E-state index in [4.69, 9.17) is 0 Å². The molecule has 0 bridgehead atoms. The predicted molar refractivity (Wildman–Crippen MR) is 128 cm³/mol. The van der Waals surface area contributed by atoms with E-state index in [1.807, 2.05) is 38.1 Å². The summed E-state index contributed by atoms with van der Waals surface area (Å²) in [6, 6.07) is 23.2. The van der Waals surface area contributed by atoms with Crippen LogP contribution in [-0.2, 0) is 4.79 Å². The van der Waals surface area contributed by atoms with E-state index in [2.05, 4.69) is 43.5 Å². The third kappa shape index (κ3) is 5.56. The van der Waals surface area contributed by atoms with Gasteiger partial charge in [-0.25, -0.2) is 0 Å². The Bertz CT molecular complexity index is 1060. The number of thioether (sulfide) groups is 1. The molecule has 3 aromatic carbocycles. The van der Waals surface area contributed by atoms with E-state index < -0.39 is 0 Å². The quantitative estimate of drug-likeness (QED) is 0.405. The van der Waals surface area contributed by atoms with E-state index in [9.17, 15) is 9.59 Å². The molecule has 3 rings (SSSR count). The Morgan fingerprint density at radius 2 is 1.52 bits per heavy atom. The number of hydrogen-bond acceptors (Lipinski definition) is 3. The summed E-state index contributed by atoms with van der Waals surface area (Å²) in [6.45, 7) is 8.00. The van der Waals surface area contributed by atoms with Crippen LogP contribution in [0.3, 0.4) is 0 Å². The van der Waals surface area contributed by atoms with Gasteiger partial charge in [-0.05, 0) is 68.1 Å². The molecule has 0 aliphatic rings. The summed E-state index contributed by atoms with van der Waals surface area (Å²) in [6.07, 6.45) is 0. The first-order valence-corrected chi connectivity index (χ1v) is 11.3. The standard InChI is InChI=1S/C26H28N2O2S/c1-18(2)28(27-26(30)21-12-6-5-7-13-21)25(29)17-31-24-16-9-8-14-23(24)22-15-10-11-19(3)20(22)4/h5-16,18H,17H2,1-4H3,(H,27,30). The molecule has 0 aliphatic carbocycles. The van der Waals surface area contributed by atoms with E-state index in [-0.39, 0.29) is 23.6 Å². The first-order valence-electron chi connectivity index (χ1n) is 10.3. The predicted octanol–water partition coefficient (Wildman–Crippen LogP) is 5.64. The van der Waals surface area contributed by atoms with Crippen molar-refractivity contribution in [2.24, 2.45) is 0 Å². The van der Waals surface area contributed by atoms with Gasteiger partial charge in [0.05, 0.1) is 5.75 Å². The maximum atomic E-state index is 13.0. The van der Waals surface area contributed by atoms with Crippen LogP contribution in [0.2, 0.25) is 0 Å². The molecular weight excluding hydrogens is 404 g/mol. The van der Waals surface area contributed by atoms with Crippen molar-refractivity contribution in [2.45, 2.75) is 38.6 Å². The molecule has 5 heteroatoms. The van der Waals surface area contributed by atoms with Gasteiger partial charge in [0.1, 0.15) is 0 Å². The zero-order valence-corrected chi connectivity index (χ0v) is 19.2. The number of hydrazine groups is 1. The molecule has 0 fully saturated rings. The highest BCUT2D eigenvalue weighted by molar-refractivity contribution is 8.00. The Morgan fingerprint density at radius 1 is 0.871 bits per heavy atom. The molecule has 31 heavy (non-hydrogen) atoms. The van der Waals surface area contributed by atoms with Crippen LogP contribution in [0.25, 0.3) is 11.1 Å². The SMILES string of the molecule is Cc1cccc(-c2ccccc2SCC(=O)N(NC(=O)c2ccccc2)C(C)C)c1C. The van der Waals surface area contributed by atoms with E-state index >= 15 is 0 Å². The van der Waals surface area contributed by atoms with Crippen molar-refractivity contribution in [1.82, 2.24) is 10.4 Å². The fraction of sp³-hybridized carbons (Fsp3) is 0.231. The smallest absolute Gasteiger partial charge is 0.269 e. The van der Waals surface area contributed by atoms with Gasteiger partial charge in [0.2, 0.25) is 0 Å². The van der Waals surface area contributed by atoms with Crippen LogP contribution in [0.15, 0.2) is 77.7 Å². The second-order valence-corrected chi connectivity index (χ2v) is 8.71. The summed E-state index contributed by atoms with van der Waals surface area (Å²) < 4.78 is 0. The lowest BCUT2D eigenvalue weighted by atomic mass is 9.97. The second kappa shape index (κ2) is 10.3. The first kappa shape index (κ1) is 22.6. The summed E-state index contributed by atoms with van der Waals surface area (Å²) in [5.74, 6) is -0.196. The number of rotatable bonds is 6. The van der Waals surface area contributed by atoms with Crippen LogP contribution in [0, 0.1) is 13.8 Å². The fourth-order valence-corrected chi connectivity index (χ4v) is 4.24. The number of aryl methyl sites for hydroxylation is 1. The molecule has 0 heterocycles. The van der Waals surface area contributed by atoms with Crippen molar-refractivity contribution in [3.8, 4) is 11.1 Å². The Morgan fingerprint density at radius 3 is 2.23 bits per heavy atom. The van der Waals surface area contributed by atoms with Gasteiger partial charge in [-0.3, -0.25) is 20.0 Å². The van der Waals surface area contributed by atoms with Crippen LogP contribution in [0.1, 0.15) is 35.3 Å². The highest BCUT2D eigenvalue weighted by atomic mass is 32.2. The molecule has 4 nitrogen and oxygen atoms in total. The lowest BCUT2D eigenvalue weighted by Gasteiger charge is -2.27. The van der Waals surface area contributed by atoms with Crippen LogP contribution in [0.4, 0.5) is 0 Å². The van der Waals surface area contributed by atoms with Crippen molar-refractivity contribution in [2.75, 3.05) is 5.75 Å². The lowest BCUT2D eigenvalue weighted by molar-refractivity contribution is -0.132. The number of carbonyl (C=O) groups excluding carboxylic acids is 2. The van der Waals surface area contributed by atoms with Crippen LogP contribution in [-0.4, -0.2) is 28.6 Å². The highest BCUT2D eigenvalue weighted by Crippen LogP contribution is 2.34. The van der Waals surface area contributed by atoms with Gasteiger partial charge in [0, 0.05) is 16.5 Å². The summed E-state index contributed by atoms with van der Waals surface area (Å²) in [5, 5.41) is 1.42. The first-order chi connectivity index (χ1) is 14.9. The summed E-state index contributed by atoms with van der Waals surface area (Å²) in [4.78, 5) is 26.6. The van der Waals surface area contributed by atoms with E-state index in [1.165, 1.54) is 33.5 Å². The largest absolute Gasteiger partial charge is 0.272 e. The van der Waals surface area contributed by atoms with Crippen molar-refractivity contribution >= 4 is 23.6 Å². The molecule has 0 atom stereocenters. The summed E-state index contributed by atoms with van der Waals surface area (Å²) in [5.41, 5.74) is 8.05. The molecule has 160 valence electrons. The van der Waals surface area contributed by atoms with Gasteiger partial charge in [-0.2, -0.15) is 0 Å². The third-order valence-electron chi connectivity index (χ3n) is 5.18. The molecule has 3 aromatic rings. The van der Waals surface area contributed by atoms with Gasteiger partial charge in [-0.1, -0.05) is 54.6 Å². The van der Waals surface area contributed by atoms with Crippen LogP contribution in [0.5, 0.6) is 0 Å². The number of nitrogens with one attached hydrogen (secondary N) is 1. The molecule has 0 aliphatic heterocycles. The zero-order chi connectivity index (χ0) is 22.4. The van der Waals surface area contributed by atoms with Gasteiger partial charge >= 0.3 is 0 Å². The van der Waals surface area contributed by atoms with Crippen LogP contribution < -0.4 is 5.43 Å². The Kier molecular flexibility index (Phi) is 7.53. The molecule has 1 N–H and O–H groups in total. The fourth-order valence-electron chi connectivity index (χ4n) is 3.31. The van der Waals surface area contributed by atoms with Crippen molar-refractivity contribution in [1.29, 1.82) is 0 Å². The van der Waals surface area contributed by atoms with E-state index in [0.29, 0.717) is 5.56 Å². The number of hydrogen-bond donors (Lipinski definition) is 1. The van der Waals surface area contributed by atoms with Crippen molar-refractivity contribution < 1.29 is 9.59 Å². The van der Waals surface area contributed by atoms with Crippen molar-refractivity contribution in [3.05, 3.63) is 89.5 Å². The monoisotopic (exact) mass is 432 g/mol. The van der Waals surface area contributed by atoms with E-state index in [1.54, 1.807) is 24.3 Å². The number of benzene rings is 3. The lowest BCUT2D eigenvalue weighted by Crippen LogP contribution is -2.50. The second-order valence-electron chi connectivity index (χ2n) is 7.70. The van der Waals surface area contributed by atoms with Gasteiger partial charge in [-0.15, -0.1) is 11.8 Å². The minimum absolute atomic E-state index is 0.139. The summed E-state index contributed by atoms with van der Waals surface area (Å²) >= 11 is 1.49. The van der Waals surface area contributed by atoms with Crippen molar-refractivity contribution in [3.63, 3.8) is 0 Å². The molecule has 0 unspecified atom stereocenters. The normalized spacial score (nSPS) is 10.7. The minimum Gasteiger partial charge on any atom is -0.272 e. The molecule has 0 saturated carbocycles. The third-order valence-corrected chi connectivity index (χ3v) is 6.23. The van der Waals surface area contributed by atoms with E-state index in [0.717, 1.165) is 10.5 Å². The maximum Gasteiger partial charge on any atom is 0.269 e. The van der Waals surface area contributed by atoms with Gasteiger partial charge in [0.25, 0.3) is 11.8 Å². The molecular formula is C26H28N2O2S. The number of nitrogens with zero attached hydrogens (tertiary/aromatic N) is 1. The van der Waals surface area contributed by atoms with Gasteiger partial charge in [0.15, 0.2) is 0 Å². The maximum absolute atomic E-state index is 13.0. The molecule has 0 aromatic heterocycles. The van der Waals surface area contributed by atoms with Crippen LogP contribution >= 0.6 is 11.8 Å². The molecule has 0 saturated heterocycles. The average Bonchev–Trinajstić information content (AvgIpc) is 2.78. The molecule has 0 spiro atoms.